The monoisotopic (exact) mass is 1110 g/mol. The molecule has 0 aromatic carbocycles. The van der Waals surface area contributed by atoms with Crippen LogP contribution in [-0.4, -0.2) is 47.4 Å². The lowest BCUT2D eigenvalue weighted by Gasteiger charge is -2.20. The Morgan fingerprint density at radius 1 is 0.354 bits per heavy atom. The van der Waals surface area contributed by atoms with Crippen molar-refractivity contribution in [1.29, 1.82) is 0 Å². The maximum absolute atomic E-state index is 12.4. The average Bonchev–Trinajstić information content (AvgIpc) is 3.45. The summed E-state index contributed by atoms with van der Waals surface area (Å²) in [7, 11) is 0. The van der Waals surface area contributed by atoms with Gasteiger partial charge in [-0.15, -0.1) is 0 Å². The maximum Gasteiger partial charge on any atom is 0.305 e. The van der Waals surface area contributed by atoms with Gasteiger partial charge in [-0.05, 0) is 89.9 Å². The Kier molecular flexibility index (Phi) is 66.4. The molecule has 0 aliphatic heterocycles. The van der Waals surface area contributed by atoms with Gasteiger partial charge >= 0.3 is 5.97 Å². The molecule has 79 heavy (non-hydrogen) atoms. The second-order valence-electron chi connectivity index (χ2n) is 24.2. The first-order valence-corrected chi connectivity index (χ1v) is 35.4. The fourth-order valence-electron chi connectivity index (χ4n) is 10.9. The molecule has 0 spiro atoms. The lowest BCUT2D eigenvalue weighted by Crippen LogP contribution is -2.45. The molecule has 0 saturated carbocycles. The number of unbranched alkanes of at least 4 members (excludes halogenated alkanes) is 49. The van der Waals surface area contributed by atoms with Crippen LogP contribution >= 0.6 is 0 Å². The van der Waals surface area contributed by atoms with Gasteiger partial charge in [-0.25, -0.2) is 0 Å². The minimum atomic E-state index is -0.841. The first-order chi connectivity index (χ1) is 39.0. The van der Waals surface area contributed by atoms with Crippen molar-refractivity contribution in [2.75, 3.05) is 13.2 Å². The summed E-state index contributed by atoms with van der Waals surface area (Å²) in [6.07, 6.45) is 89.3. The number of hydrogen-bond acceptors (Lipinski definition) is 5. The lowest BCUT2D eigenvalue weighted by atomic mass is 10.0. The van der Waals surface area contributed by atoms with E-state index < -0.39 is 12.1 Å². The normalized spacial score (nSPS) is 12.8. The molecule has 6 nitrogen and oxygen atoms in total. The van der Waals surface area contributed by atoms with Crippen molar-refractivity contribution >= 4 is 11.9 Å². The molecule has 0 radical (unpaired) electrons. The van der Waals surface area contributed by atoms with Gasteiger partial charge < -0.3 is 20.3 Å². The van der Waals surface area contributed by atoms with Crippen LogP contribution in [0.5, 0.6) is 0 Å². The average molecular weight is 1110 g/mol. The second-order valence-corrected chi connectivity index (χ2v) is 24.2. The summed E-state index contributed by atoms with van der Waals surface area (Å²) < 4.78 is 5.49. The van der Waals surface area contributed by atoms with E-state index in [1.165, 1.54) is 302 Å². The number of hydrogen-bond donors (Lipinski definition) is 3. The van der Waals surface area contributed by atoms with Crippen LogP contribution in [0.3, 0.4) is 0 Å². The van der Waals surface area contributed by atoms with E-state index in [4.69, 9.17) is 4.74 Å². The van der Waals surface area contributed by atoms with Crippen LogP contribution in [0.2, 0.25) is 0 Å². The van der Waals surface area contributed by atoms with E-state index in [2.05, 4.69) is 55.6 Å². The minimum absolute atomic E-state index is 0.0106. The highest BCUT2D eigenvalue weighted by atomic mass is 16.5. The first-order valence-electron chi connectivity index (χ1n) is 35.4. The number of rotatable bonds is 66. The van der Waals surface area contributed by atoms with Crippen LogP contribution in [0.4, 0.5) is 0 Å². The SMILES string of the molecule is CCCCCCCC/C=C\CCCCCCCC(=O)OCCCCCCCCCCCCCCC/C=C\C/C=C\CCCCCCCCCCCCCCCCCCCC(=O)NC(CO)C(O)/C=C/CCCCCCCCCC. The highest BCUT2D eigenvalue weighted by Crippen LogP contribution is 2.18. The van der Waals surface area contributed by atoms with Gasteiger partial charge in [0.15, 0.2) is 0 Å². The predicted molar refractivity (Wildman–Crippen MR) is 347 cm³/mol. The molecular formula is C73H137NO5. The topological polar surface area (TPSA) is 95.9 Å². The van der Waals surface area contributed by atoms with Gasteiger partial charge in [0.1, 0.15) is 0 Å². The molecule has 464 valence electrons. The zero-order valence-corrected chi connectivity index (χ0v) is 53.1. The third-order valence-corrected chi connectivity index (χ3v) is 16.3. The summed E-state index contributed by atoms with van der Waals surface area (Å²) in [4.78, 5) is 24.5. The Morgan fingerprint density at radius 2 is 0.633 bits per heavy atom. The molecule has 0 aromatic rings. The number of carbonyl (C=O) groups is 2. The van der Waals surface area contributed by atoms with E-state index in [1.807, 2.05) is 6.08 Å². The van der Waals surface area contributed by atoms with Crippen LogP contribution in [-0.2, 0) is 14.3 Å². The van der Waals surface area contributed by atoms with Crippen molar-refractivity contribution in [3.05, 3.63) is 48.6 Å². The Balaban J connectivity index is 3.35. The molecular weight excluding hydrogens is 971 g/mol. The Hall–Kier alpha value is -2.18. The molecule has 0 aromatic heterocycles. The highest BCUT2D eigenvalue weighted by molar-refractivity contribution is 5.76. The van der Waals surface area contributed by atoms with Crippen LogP contribution < -0.4 is 5.32 Å². The Morgan fingerprint density at radius 3 is 0.975 bits per heavy atom. The summed E-state index contributed by atoms with van der Waals surface area (Å²) in [5.74, 6) is -0.0557. The van der Waals surface area contributed by atoms with Crippen molar-refractivity contribution in [2.24, 2.45) is 0 Å². The van der Waals surface area contributed by atoms with E-state index in [0.29, 0.717) is 19.4 Å². The van der Waals surface area contributed by atoms with Crippen molar-refractivity contribution in [1.82, 2.24) is 5.32 Å². The van der Waals surface area contributed by atoms with E-state index >= 15 is 0 Å². The Labute approximate surface area is 493 Å². The van der Waals surface area contributed by atoms with Gasteiger partial charge in [0.05, 0.1) is 25.4 Å². The second kappa shape index (κ2) is 68.3. The largest absolute Gasteiger partial charge is 0.466 e. The third kappa shape index (κ3) is 64.8. The molecule has 2 unspecified atom stereocenters. The van der Waals surface area contributed by atoms with Crippen LogP contribution in [0.1, 0.15) is 380 Å². The summed E-state index contributed by atoms with van der Waals surface area (Å²) >= 11 is 0. The standard InChI is InChI=1S/C73H137NO5/c1-3-5-7-9-11-13-15-16-40-44-47-51-55-59-63-67-73(78)79-68-64-60-56-52-48-45-42-39-37-35-33-31-29-27-25-23-21-19-17-18-20-22-24-26-28-30-32-34-36-38-41-43-46-50-54-58-62-66-72(77)74-70(69-75)71(76)65-61-57-53-49-14-12-10-8-6-4-2/h16-17,19,23,25,40,61,65,70-71,75-76H,3-15,18,20-22,24,26-39,41-60,62-64,66-69H2,1-2H3,(H,74,77)/b19-17-,25-23-,40-16-,65-61+. The van der Waals surface area contributed by atoms with Crippen LogP contribution in [0, 0.1) is 0 Å². The molecule has 0 saturated heterocycles. The van der Waals surface area contributed by atoms with E-state index in [0.717, 1.165) is 51.4 Å². The van der Waals surface area contributed by atoms with Gasteiger partial charge in [-0.3, -0.25) is 9.59 Å². The summed E-state index contributed by atoms with van der Waals surface area (Å²) in [6.45, 7) is 4.89. The van der Waals surface area contributed by atoms with Gasteiger partial charge in [0.2, 0.25) is 5.91 Å². The van der Waals surface area contributed by atoms with Crippen molar-refractivity contribution in [3.63, 3.8) is 0 Å². The number of aliphatic hydroxyl groups is 2. The number of allylic oxidation sites excluding steroid dienone is 7. The quantitative estimate of drug-likeness (QED) is 0.0320. The molecule has 0 aliphatic rings. The molecule has 0 bridgehead atoms. The molecule has 0 fully saturated rings. The summed E-state index contributed by atoms with van der Waals surface area (Å²) in [5, 5.41) is 23.0. The molecule has 0 aliphatic carbocycles. The summed E-state index contributed by atoms with van der Waals surface area (Å²) in [5.41, 5.74) is 0. The van der Waals surface area contributed by atoms with Crippen molar-refractivity contribution in [3.8, 4) is 0 Å². The number of ether oxygens (including phenoxy) is 1. The fraction of sp³-hybridized carbons (Fsp3) is 0.863. The summed E-state index contributed by atoms with van der Waals surface area (Å²) in [6, 6.07) is -0.624. The number of esters is 1. The number of carbonyl (C=O) groups excluding carboxylic acids is 2. The number of nitrogens with one attached hydrogen (secondary N) is 1. The van der Waals surface area contributed by atoms with Crippen molar-refractivity contribution < 1.29 is 24.5 Å². The van der Waals surface area contributed by atoms with Crippen LogP contribution in [0.25, 0.3) is 0 Å². The van der Waals surface area contributed by atoms with E-state index in [-0.39, 0.29) is 18.5 Å². The van der Waals surface area contributed by atoms with E-state index in [1.54, 1.807) is 6.08 Å². The number of amides is 1. The van der Waals surface area contributed by atoms with Gasteiger partial charge in [-0.1, -0.05) is 326 Å². The molecule has 0 heterocycles. The molecule has 1 amide bonds. The zero-order valence-electron chi connectivity index (χ0n) is 53.1. The van der Waals surface area contributed by atoms with Crippen LogP contribution in [0.15, 0.2) is 48.6 Å². The first kappa shape index (κ1) is 76.8. The van der Waals surface area contributed by atoms with Crippen molar-refractivity contribution in [2.45, 2.75) is 392 Å². The highest BCUT2D eigenvalue weighted by Gasteiger charge is 2.18. The Bertz CT molecular complexity index is 1320. The fourth-order valence-corrected chi connectivity index (χ4v) is 10.9. The van der Waals surface area contributed by atoms with Gasteiger partial charge in [0, 0.05) is 12.8 Å². The van der Waals surface area contributed by atoms with Gasteiger partial charge in [-0.2, -0.15) is 0 Å². The van der Waals surface area contributed by atoms with Gasteiger partial charge in [0.25, 0.3) is 0 Å². The van der Waals surface area contributed by atoms with E-state index in [9.17, 15) is 19.8 Å². The smallest absolute Gasteiger partial charge is 0.305 e. The maximum atomic E-state index is 12.4. The molecule has 0 rings (SSSR count). The number of aliphatic hydroxyl groups excluding tert-OH is 2. The predicted octanol–water partition coefficient (Wildman–Crippen LogP) is 22.9. The minimum Gasteiger partial charge on any atom is -0.466 e. The third-order valence-electron chi connectivity index (χ3n) is 16.3. The zero-order chi connectivity index (χ0) is 57.1. The molecule has 6 heteroatoms. The molecule has 3 N–H and O–H groups in total. The lowest BCUT2D eigenvalue weighted by molar-refractivity contribution is -0.143. The molecule has 2 atom stereocenters.